The number of benzene rings is 3. The molecule has 158 valence electrons. The number of hydrogen-bond donors (Lipinski definition) is 0. The molecule has 0 N–H and O–H groups in total. The van der Waals surface area contributed by atoms with Crippen molar-refractivity contribution in [3.8, 4) is 23.0 Å². The maximum Gasteiger partial charge on any atom is 0.266 e. The monoisotopic (exact) mass is 417 g/mol. The van der Waals surface area contributed by atoms with E-state index in [4.69, 9.17) is 18.9 Å². The summed E-state index contributed by atoms with van der Waals surface area (Å²) in [6.45, 7) is 0.812. The molecule has 2 atom stereocenters. The van der Waals surface area contributed by atoms with Gasteiger partial charge in [0.1, 0.15) is 17.5 Å². The molecule has 2 heterocycles. The molecule has 2 aliphatic rings. The summed E-state index contributed by atoms with van der Waals surface area (Å²) in [7, 11) is 1.65. The number of likely N-dealkylation sites (tertiary alicyclic amines) is 1. The average Bonchev–Trinajstić information content (AvgIpc) is 3.29. The van der Waals surface area contributed by atoms with Gasteiger partial charge in [-0.1, -0.05) is 36.4 Å². The predicted octanol–water partition coefficient (Wildman–Crippen LogP) is 4.00. The van der Waals surface area contributed by atoms with E-state index >= 15 is 0 Å². The van der Waals surface area contributed by atoms with Crippen LogP contribution in [0.2, 0.25) is 0 Å². The summed E-state index contributed by atoms with van der Waals surface area (Å²) in [6.07, 6.45) is 0.174. The molecule has 6 heteroatoms. The highest BCUT2D eigenvalue weighted by molar-refractivity contribution is 5.89. The van der Waals surface area contributed by atoms with Gasteiger partial charge >= 0.3 is 0 Å². The van der Waals surface area contributed by atoms with Gasteiger partial charge in [-0.3, -0.25) is 4.79 Å². The lowest BCUT2D eigenvalue weighted by molar-refractivity contribution is -0.164. The van der Waals surface area contributed by atoms with E-state index < -0.39 is 6.10 Å². The highest BCUT2D eigenvalue weighted by Gasteiger charge is 2.50. The molecule has 3 aromatic carbocycles. The quantitative estimate of drug-likeness (QED) is 0.544. The summed E-state index contributed by atoms with van der Waals surface area (Å²) in [5.74, 6) is 2.91. The highest BCUT2D eigenvalue weighted by atomic mass is 16.7. The van der Waals surface area contributed by atoms with Gasteiger partial charge in [0, 0.05) is 6.54 Å². The number of hydrogen-bond acceptors (Lipinski definition) is 5. The first kappa shape index (κ1) is 19.3. The number of nitrogens with zero attached hydrogens (tertiary/aromatic N) is 1. The molecular formula is C25H23NO5. The summed E-state index contributed by atoms with van der Waals surface area (Å²) in [6, 6.07) is 23.0. The van der Waals surface area contributed by atoms with Gasteiger partial charge in [-0.2, -0.15) is 0 Å². The first-order chi connectivity index (χ1) is 15.2. The Morgan fingerprint density at radius 2 is 1.71 bits per heavy atom. The van der Waals surface area contributed by atoms with E-state index in [1.54, 1.807) is 7.11 Å². The third-order valence-electron chi connectivity index (χ3n) is 5.69. The fourth-order valence-electron chi connectivity index (χ4n) is 4.02. The van der Waals surface area contributed by atoms with Crippen molar-refractivity contribution in [3.05, 3.63) is 83.9 Å². The molecule has 5 rings (SSSR count). The third-order valence-corrected chi connectivity index (χ3v) is 5.69. The second kappa shape index (κ2) is 8.22. The lowest BCUT2D eigenvalue weighted by atomic mass is 9.89. The number of β-lactam (4-membered cyclic amide) rings is 1. The Morgan fingerprint density at radius 1 is 0.935 bits per heavy atom. The summed E-state index contributed by atoms with van der Waals surface area (Å²) in [4.78, 5) is 14.9. The zero-order valence-electron chi connectivity index (χ0n) is 17.2. The van der Waals surface area contributed by atoms with Crippen molar-refractivity contribution in [2.24, 2.45) is 0 Å². The van der Waals surface area contributed by atoms with Crippen LogP contribution < -0.4 is 18.9 Å². The molecule has 2 aliphatic heterocycles. The number of carbonyl (C=O) groups is 1. The first-order valence-corrected chi connectivity index (χ1v) is 10.3. The Bertz CT molecular complexity index is 1070. The Morgan fingerprint density at radius 3 is 2.48 bits per heavy atom. The van der Waals surface area contributed by atoms with Crippen molar-refractivity contribution in [1.29, 1.82) is 0 Å². The van der Waals surface area contributed by atoms with Crippen molar-refractivity contribution >= 4 is 5.91 Å². The van der Waals surface area contributed by atoms with E-state index in [0.717, 1.165) is 29.0 Å². The number of carbonyl (C=O) groups excluding carboxylic acids is 1. The standard InChI is InChI=1S/C25H23NO5/c1-28-19-10-7-17(8-11-19)13-14-26-23(18-9-12-21-22(15-18)30-16-29-21)24(25(26)27)31-20-5-3-2-4-6-20/h2-12,15,23-24H,13-14,16H2,1H3/t23-,24-/m0/s1. The maximum absolute atomic E-state index is 13.0. The normalized spacial score (nSPS) is 19.1. The van der Waals surface area contributed by atoms with E-state index in [-0.39, 0.29) is 18.7 Å². The molecule has 0 saturated carbocycles. The van der Waals surface area contributed by atoms with E-state index in [0.29, 0.717) is 18.0 Å². The van der Waals surface area contributed by atoms with Crippen molar-refractivity contribution < 1.29 is 23.7 Å². The Labute approximate surface area is 180 Å². The highest BCUT2D eigenvalue weighted by Crippen LogP contribution is 2.42. The van der Waals surface area contributed by atoms with Crippen LogP contribution in [0.4, 0.5) is 0 Å². The van der Waals surface area contributed by atoms with Crippen LogP contribution in [0.5, 0.6) is 23.0 Å². The third kappa shape index (κ3) is 3.77. The minimum Gasteiger partial charge on any atom is -0.497 e. The summed E-state index contributed by atoms with van der Waals surface area (Å²) in [5.41, 5.74) is 2.12. The fourth-order valence-corrected chi connectivity index (χ4v) is 4.02. The second-order valence-electron chi connectivity index (χ2n) is 7.54. The molecule has 1 amide bonds. The topological polar surface area (TPSA) is 57.2 Å². The maximum atomic E-state index is 13.0. The SMILES string of the molecule is COc1ccc(CCN2C(=O)[C@@H](Oc3ccccc3)[C@@H]2c2ccc3c(c2)OCO3)cc1. The van der Waals surface area contributed by atoms with Crippen molar-refractivity contribution in [1.82, 2.24) is 4.90 Å². The van der Waals surface area contributed by atoms with Gasteiger partial charge in [0.25, 0.3) is 5.91 Å². The van der Waals surface area contributed by atoms with E-state index in [2.05, 4.69) is 0 Å². The summed E-state index contributed by atoms with van der Waals surface area (Å²) < 4.78 is 22.3. The number of amides is 1. The largest absolute Gasteiger partial charge is 0.497 e. The molecule has 0 radical (unpaired) electrons. The van der Waals surface area contributed by atoms with Gasteiger partial charge in [0.2, 0.25) is 12.9 Å². The molecule has 31 heavy (non-hydrogen) atoms. The zero-order chi connectivity index (χ0) is 21.2. The molecule has 0 spiro atoms. The van der Waals surface area contributed by atoms with Crippen LogP contribution in [-0.2, 0) is 11.2 Å². The number of para-hydroxylation sites is 1. The van der Waals surface area contributed by atoms with Crippen LogP contribution in [0.3, 0.4) is 0 Å². The Hall–Kier alpha value is -3.67. The molecule has 0 aliphatic carbocycles. The second-order valence-corrected chi connectivity index (χ2v) is 7.54. The fraction of sp³-hybridized carbons (Fsp3) is 0.240. The Balaban J connectivity index is 1.37. The number of rotatable bonds is 7. The van der Waals surface area contributed by atoms with Crippen LogP contribution in [0.25, 0.3) is 0 Å². The molecule has 1 saturated heterocycles. The number of ether oxygens (including phenoxy) is 4. The number of methoxy groups -OCH3 is 1. The van der Waals surface area contributed by atoms with Crippen LogP contribution in [0.15, 0.2) is 72.8 Å². The van der Waals surface area contributed by atoms with Crippen LogP contribution >= 0.6 is 0 Å². The van der Waals surface area contributed by atoms with Gasteiger partial charge in [-0.05, 0) is 53.9 Å². The molecule has 0 aromatic heterocycles. The molecule has 0 unspecified atom stereocenters. The van der Waals surface area contributed by atoms with Gasteiger partial charge in [0.05, 0.1) is 7.11 Å². The van der Waals surface area contributed by atoms with Crippen molar-refractivity contribution in [3.63, 3.8) is 0 Å². The molecule has 0 bridgehead atoms. The molecule has 6 nitrogen and oxygen atoms in total. The van der Waals surface area contributed by atoms with E-state index in [1.165, 1.54) is 0 Å². The molecule has 1 fully saturated rings. The lowest BCUT2D eigenvalue weighted by Gasteiger charge is -2.47. The van der Waals surface area contributed by atoms with E-state index in [9.17, 15) is 4.79 Å². The minimum atomic E-state index is -0.571. The van der Waals surface area contributed by atoms with Gasteiger partial charge in [0.15, 0.2) is 11.5 Å². The van der Waals surface area contributed by atoms with Crippen LogP contribution in [0.1, 0.15) is 17.2 Å². The Kier molecular flexibility index (Phi) is 5.12. The van der Waals surface area contributed by atoms with Crippen molar-refractivity contribution in [2.45, 2.75) is 18.6 Å². The lowest BCUT2D eigenvalue weighted by Crippen LogP contribution is -2.61. The number of fused-ring (bicyclic) bond motifs is 1. The smallest absolute Gasteiger partial charge is 0.266 e. The average molecular weight is 417 g/mol. The predicted molar refractivity (Wildman–Crippen MR) is 115 cm³/mol. The summed E-state index contributed by atoms with van der Waals surface area (Å²) >= 11 is 0. The van der Waals surface area contributed by atoms with E-state index in [1.807, 2.05) is 77.7 Å². The van der Waals surface area contributed by atoms with Crippen LogP contribution in [0, 0.1) is 0 Å². The molecule has 3 aromatic rings. The first-order valence-electron chi connectivity index (χ1n) is 10.3. The van der Waals surface area contributed by atoms with Crippen LogP contribution in [-0.4, -0.2) is 37.4 Å². The van der Waals surface area contributed by atoms with Gasteiger partial charge in [-0.25, -0.2) is 0 Å². The zero-order valence-corrected chi connectivity index (χ0v) is 17.2. The minimum absolute atomic E-state index is 0.0139. The summed E-state index contributed by atoms with van der Waals surface area (Å²) in [5, 5.41) is 0. The van der Waals surface area contributed by atoms with Gasteiger partial charge < -0.3 is 23.8 Å². The molecular weight excluding hydrogens is 394 g/mol. The van der Waals surface area contributed by atoms with Crippen molar-refractivity contribution in [2.75, 3.05) is 20.4 Å². The van der Waals surface area contributed by atoms with Gasteiger partial charge in [-0.15, -0.1) is 0 Å².